The number of carbonyl (C=O) groups is 1. The Morgan fingerprint density at radius 1 is 1.35 bits per heavy atom. The largest absolute Gasteiger partial charge is 0.369 e. The van der Waals surface area contributed by atoms with E-state index in [1.54, 1.807) is 12.4 Å². The lowest BCUT2D eigenvalue weighted by atomic mass is 10.1. The fraction of sp³-hybridized carbons (Fsp3) is 0.214. The second-order valence-corrected chi connectivity index (χ2v) is 5.40. The molecule has 0 saturated heterocycles. The smallest absolute Gasteiger partial charge is 0.287 e. The molecule has 0 aliphatic rings. The molecule has 2 aromatic rings. The van der Waals surface area contributed by atoms with Gasteiger partial charge in [-0.1, -0.05) is 17.8 Å². The zero-order valence-electron chi connectivity index (χ0n) is 11.3. The molecule has 2 rings (SSSR count). The van der Waals surface area contributed by atoms with Gasteiger partial charge in [-0.15, -0.1) is 0 Å². The molecule has 5 nitrogen and oxygen atoms in total. The van der Waals surface area contributed by atoms with E-state index < -0.39 is 5.91 Å². The molecule has 0 bridgehead atoms. The number of aromatic nitrogens is 2. The van der Waals surface area contributed by atoms with Crippen molar-refractivity contribution >= 4 is 17.7 Å². The lowest BCUT2D eigenvalue weighted by molar-refractivity contribution is -0.115. The van der Waals surface area contributed by atoms with E-state index in [1.165, 1.54) is 10.1 Å². The number of aryl methyl sites for hydroxylation is 2. The summed E-state index contributed by atoms with van der Waals surface area (Å²) in [6, 6.07) is 5.79. The Labute approximate surface area is 120 Å². The van der Waals surface area contributed by atoms with Crippen molar-refractivity contribution in [3.63, 3.8) is 0 Å². The number of amides is 1. The zero-order chi connectivity index (χ0) is 14.7. The summed E-state index contributed by atoms with van der Waals surface area (Å²) in [5, 5.41) is 0.268. The van der Waals surface area contributed by atoms with E-state index in [1.807, 2.05) is 32.0 Å². The average molecular weight is 289 g/mol. The van der Waals surface area contributed by atoms with Gasteiger partial charge >= 0.3 is 0 Å². The number of primary amides is 1. The quantitative estimate of drug-likeness (QED) is 0.864. The predicted octanol–water partition coefficient (Wildman–Crippen LogP) is 1.43. The third-order valence-electron chi connectivity index (χ3n) is 2.93. The van der Waals surface area contributed by atoms with Crippen molar-refractivity contribution in [1.29, 1.82) is 0 Å². The van der Waals surface area contributed by atoms with Crippen LogP contribution in [-0.2, 0) is 4.79 Å². The van der Waals surface area contributed by atoms with Gasteiger partial charge in [0.25, 0.3) is 5.56 Å². The van der Waals surface area contributed by atoms with Gasteiger partial charge in [0.1, 0.15) is 0 Å². The molecule has 0 aliphatic carbocycles. The van der Waals surface area contributed by atoms with Gasteiger partial charge in [0, 0.05) is 18.1 Å². The molecule has 1 heterocycles. The van der Waals surface area contributed by atoms with Crippen molar-refractivity contribution in [3.8, 4) is 5.69 Å². The lowest BCUT2D eigenvalue weighted by Gasteiger charge is -2.09. The SMILES string of the molecule is Cc1ccc(-n2ccnc(SCC(N)=O)c2=O)cc1C. The Hall–Kier alpha value is -2.08. The molecule has 1 aromatic heterocycles. The highest BCUT2D eigenvalue weighted by molar-refractivity contribution is 7.99. The summed E-state index contributed by atoms with van der Waals surface area (Å²) in [4.78, 5) is 27.1. The predicted molar refractivity (Wildman–Crippen MR) is 79.2 cm³/mol. The first-order valence-electron chi connectivity index (χ1n) is 6.05. The zero-order valence-corrected chi connectivity index (χ0v) is 12.1. The van der Waals surface area contributed by atoms with E-state index in [0.717, 1.165) is 23.0 Å². The van der Waals surface area contributed by atoms with Crippen molar-refractivity contribution in [2.24, 2.45) is 5.73 Å². The third-order valence-corrected chi connectivity index (χ3v) is 3.91. The molecule has 0 spiro atoms. The van der Waals surface area contributed by atoms with Crippen LogP contribution in [-0.4, -0.2) is 21.2 Å². The molecular formula is C14H15N3O2S. The summed E-state index contributed by atoms with van der Waals surface area (Å²) >= 11 is 1.05. The van der Waals surface area contributed by atoms with Crippen LogP contribution in [0.3, 0.4) is 0 Å². The van der Waals surface area contributed by atoms with E-state index in [0.29, 0.717) is 0 Å². The number of thioether (sulfide) groups is 1. The van der Waals surface area contributed by atoms with E-state index in [2.05, 4.69) is 4.98 Å². The molecule has 0 aliphatic heterocycles. The molecule has 1 amide bonds. The number of nitrogens with two attached hydrogens (primary N) is 1. The van der Waals surface area contributed by atoms with Crippen molar-refractivity contribution in [1.82, 2.24) is 9.55 Å². The number of carbonyl (C=O) groups excluding carboxylic acids is 1. The van der Waals surface area contributed by atoms with Gasteiger partial charge in [-0.25, -0.2) is 4.98 Å². The molecule has 1 aromatic carbocycles. The molecule has 0 fully saturated rings. The maximum absolute atomic E-state index is 12.3. The topological polar surface area (TPSA) is 78.0 Å². The van der Waals surface area contributed by atoms with Crippen LogP contribution in [0, 0.1) is 13.8 Å². The molecular weight excluding hydrogens is 274 g/mol. The van der Waals surface area contributed by atoms with Crippen molar-refractivity contribution < 1.29 is 4.79 Å². The number of hydrogen-bond acceptors (Lipinski definition) is 4. The second kappa shape index (κ2) is 5.92. The Morgan fingerprint density at radius 3 is 2.75 bits per heavy atom. The van der Waals surface area contributed by atoms with Crippen LogP contribution < -0.4 is 11.3 Å². The highest BCUT2D eigenvalue weighted by Gasteiger charge is 2.09. The number of nitrogens with zero attached hydrogens (tertiary/aromatic N) is 2. The lowest BCUT2D eigenvalue weighted by Crippen LogP contribution is -2.22. The third kappa shape index (κ3) is 3.08. The normalized spacial score (nSPS) is 10.5. The second-order valence-electron chi connectivity index (χ2n) is 4.43. The molecule has 20 heavy (non-hydrogen) atoms. The van der Waals surface area contributed by atoms with Crippen LogP contribution in [0.5, 0.6) is 0 Å². The summed E-state index contributed by atoms with van der Waals surface area (Å²) in [7, 11) is 0. The Balaban J connectivity index is 2.42. The minimum absolute atomic E-state index is 0.0409. The van der Waals surface area contributed by atoms with Gasteiger partial charge in [-0.05, 0) is 37.1 Å². The molecule has 0 radical (unpaired) electrons. The van der Waals surface area contributed by atoms with Gasteiger partial charge in [0.15, 0.2) is 5.03 Å². The molecule has 0 saturated carbocycles. The van der Waals surface area contributed by atoms with Crippen molar-refractivity contribution in [3.05, 3.63) is 52.1 Å². The standard InChI is InChI=1S/C14H15N3O2S/c1-9-3-4-11(7-10(9)2)17-6-5-16-13(14(17)19)20-8-12(15)18/h3-7H,8H2,1-2H3,(H2,15,18). The van der Waals surface area contributed by atoms with E-state index in [9.17, 15) is 9.59 Å². The summed E-state index contributed by atoms with van der Waals surface area (Å²) in [6.07, 6.45) is 3.15. The van der Waals surface area contributed by atoms with Crippen molar-refractivity contribution in [2.45, 2.75) is 18.9 Å². The van der Waals surface area contributed by atoms with Crippen LogP contribution in [0.25, 0.3) is 5.69 Å². The Kier molecular flexibility index (Phi) is 4.24. The number of rotatable bonds is 4. The highest BCUT2D eigenvalue weighted by Crippen LogP contribution is 2.14. The molecule has 6 heteroatoms. The summed E-state index contributed by atoms with van der Waals surface area (Å²) in [6.45, 7) is 4.01. The summed E-state index contributed by atoms with van der Waals surface area (Å²) < 4.78 is 1.52. The van der Waals surface area contributed by atoms with Gasteiger partial charge in [-0.3, -0.25) is 14.2 Å². The summed E-state index contributed by atoms with van der Waals surface area (Å²) in [5.41, 5.74) is 7.89. The minimum atomic E-state index is -0.474. The van der Waals surface area contributed by atoms with Crippen molar-refractivity contribution in [2.75, 3.05) is 5.75 Å². The monoisotopic (exact) mass is 289 g/mol. The van der Waals surface area contributed by atoms with Gasteiger partial charge in [0.05, 0.1) is 5.75 Å². The first kappa shape index (κ1) is 14.3. The van der Waals surface area contributed by atoms with Gasteiger partial charge in [0.2, 0.25) is 5.91 Å². The Bertz CT molecular complexity index is 710. The number of benzene rings is 1. The molecule has 0 atom stereocenters. The van der Waals surface area contributed by atoms with E-state index >= 15 is 0 Å². The highest BCUT2D eigenvalue weighted by atomic mass is 32.2. The van der Waals surface area contributed by atoms with Crippen LogP contribution >= 0.6 is 11.8 Å². The summed E-state index contributed by atoms with van der Waals surface area (Å²) in [5.74, 6) is -0.433. The minimum Gasteiger partial charge on any atom is -0.369 e. The maximum Gasteiger partial charge on any atom is 0.287 e. The molecule has 104 valence electrons. The van der Waals surface area contributed by atoms with E-state index in [-0.39, 0.29) is 16.3 Å². The fourth-order valence-electron chi connectivity index (χ4n) is 1.71. The average Bonchev–Trinajstić information content (AvgIpc) is 2.41. The number of hydrogen-bond donors (Lipinski definition) is 1. The Morgan fingerprint density at radius 2 is 2.10 bits per heavy atom. The first-order valence-corrected chi connectivity index (χ1v) is 7.04. The van der Waals surface area contributed by atoms with Crippen LogP contribution in [0.1, 0.15) is 11.1 Å². The fourth-order valence-corrected chi connectivity index (χ4v) is 2.35. The molecule has 2 N–H and O–H groups in total. The van der Waals surface area contributed by atoms with Crippen LogP contribution in [0.4, 0.5) is 0 Å². The maximum atomic E-state index is 12.3. The molecule has 0 unspecified atom stereocenters. The first-order chi connectivity index (χ1) is 9.49. The van der Waals surface area contributed by atoms with Crippen LogP contribution in [0.2, 0.25) is 0 Å². The van der Waals surface area contributed by atoms with Gasteiger partial charge < -0.3 is 5.73 Å². The van der Waals surface area contributed by atoms with E-state index in [4.69, 9.17) is 5.73 Å². The van der Waals surface area contributed by atoms with Crippen LogP contribution in [0.15, 0.2) is 40.4 Å². The van der Waals surface area contributed by atoms with Gasteiger partial charge in [-0.2, -0.15) is 0 Å².